The molecule has 26 heavy (non-hydrogen) atoms. The maximum absolute atomic E-state index is 12.3. The number of ether oxygens (including phenoxy) is 2. The Labute approximate surface area is 153 Å². The van der Waals surface area contributed by atoms with Crippen molar-refractivity contribution in [1.82, 2.24) is 0 Å². The minimum Gasteiger partial charge on any atom is -0.507 e. The Hall–Kier alpha value is -2.24. The quantitative estimate of drug-likeness (QED) is 0.619. The molecule has 2 N–H and O–H groups in total. The number of phenolic OH excluding ortho intramolecular Hbond substituents is 2. The molecular formula is C20H26O6. The Bertz CT molecular complexity index is 599. The van der Waals surface area contributed by atoms with Gasteiger partial charge in [-0.3, -0.25) is 0 Å². The first kappa shape index (κ1) is 18.5. The number of phenols is 2. The van der Waals surface area contributed by atoms with Gasteiger partial charge < -0.3 is 19.7 Å². The smallest absolute Gasteiger partial charge is 0.342 e. The lowest BCUT2D eigenvalue weighted by molar-refractivity contribution is 0.0191. The van der Waals surface area contributed by atoms with E-state index in [1.807, 2.05) is 0 Å². The average Bonchev–Trinajstić information content (AvgIpc) is 2.64. The molecule has 142 valence electrons. The van der Waals surface area contributed by atoms with Crippen LogP contribution in [0.25, 0.3) is 0 Å². The number of hydrogen-bond donors (Lipinski definition) is 2. The summed E-state index contributed by atoms with van der Waals surface area (Å²) >= 11 is 0. The van der Waals surface area contributed by atoms with Crippen LogP contribution in [-0.2, 0) is 9.47 Å². The third-order valence-electron chi connectivity index (χ3n) is 5.21. The molecule has 3 rings (SSSR count). The molecule has 0 atom stereocenters. The normalized spacial score (nSPS) is 19.1. The summed E-state index contributed by atoms with van der Waals surface area (Å²) in [5.41, 5.74) is -0.274. The summed E-state index contributed by atoms with van der Waals surface area (Å²) in [5.74, 6) is -2.15. The van der Waals surface area contributed by atoms with Crippen LogP contribution in [0.4, 0.5) is 0 Å². The molecule has 2 saturated carbocycles. The van der Waals surface area contributed by atoms with Crippen LogP contribution in [0.15, 0.2) is 12.1 Å². The van der Waals surface area contributed by atoms with Crippen LogP contribution in [-0.4, -0.2) is 34.4 Å². The van der Waals surface area contributed by atoms with Crippen molar-refractivity contribution in [3.63, 3.8) is 0 Å². The zero-order valence-electron chi connectivity index (χ0n) is 14.9. The predicted molar refractivity (Wildman–Crippen MR) is 94.3 cm³/mol. The monoisotopic (exact) mass is 362 g/mol. The van der Waals surface area contributed by atoms with Crippen molar-refractivity contribution in [1.29, 1.82) is 0 Å². The van der Waals surface area contributed by atoms with Crippen LogP contribution in [0.1, 0.15) is 84.9 Å². The number of esters is 2. The molecule has 0 aliphatic heterocycles. The predicted octanol–water partition coefficient (Wildman–Crippen LogP) is 4.08. The van der Waals surface area contributed by atoms with Crippen LogP contribution in [0.3, 0.4) is 0 Å². The molecule has 2 aliphatic rings. The summed E-state index contributed by atoms with van der Waals surface area (Å²) in [6.07, 6.45) is 9.26. The molecule has 1 aromatic carbocycles. The van der Waals surface area contributed by atoms with E-state index in [2.05, 4.69) is 0 Å². The van der Waals surface area contributed by atoms with Gasteiger partial charge in [-0.2, -0.15) is 0 Å². The highest BCUT2D eigenvalue weighted by Gasteiger charge is 2.26. The summed E-state index contributed by atoms with van der Waals surface area (Å²) in [6.45, 7) is 0. The molecule has 2 aliphatic carbocycles. The van der Waals surface area contributed by atoms with Gasteiger partial charge in [0, 0.05) is 0 Å². The highest BCUT2D eigenvalue weighted by Crippen LogP contribution is 2.31. The highest BCUT2D eigenvalue weighted by atomic mass is 16.5. The van der Waals surface area contributed by atoms with Crippen molar-refractivity contribution in [2.24, 2.45) is 0 Å². The van der Waals surface area contributed by atoms with Crippen LogP contribution in [0.2, 0.25) is 0 Å². The lowest BCUT2D eigenvalue weighted by Gasteiger charge is -2.23. The SMILES string of the molecule is O=C(OC1CCCCC1)c1cc(O)c(C(=O)OC2CCCCC2)cc1O. The van der Waals surface area contributed by atoms with E-state index in [-0.39, 0.29) is 34.8 Å². The second-order valence-electron chi connectivity index (χ2n) is 7.22. The van der Waals surface area contributed by atoms with E-state index in [0.29, 0.717) is 0 Å². The first-order valence-electron chi connectivity index (χ1n) is 9.52. The highest BCUT2D eigenvalue weighted by molar-refractivity contribution is 5.98. The number of carbonyl (C=O) groups excluding carboxylic acids is 2. The van der Waals surface area contributed by atoms with Gasteiger partial charge in [0.25, 0.3) is 0 Å². The molecule has 0 heterocycles. The fourth-order valence-corrected chi connectivity index (χ4v) is 3.70. The maximum Gasteiger partial charge on any atom is 0.342 e. The van der Waals surface area contributed by atoms with E-state index in [1.54, 1.807) is 0 Å². The molecule has 2 fully saturated rings. The number of benzene rings is 1. The number of aromatic hydroxyl groups is 2. The summed E-state index contributed by atoms with van der Waals surface area (Å²) in [5, 5.41) is 20.3. The molecule has 0 aromatic heterocycles. The van der Waals surface area contributed by atoms with Crippen molar-refractivity contribution in [2.75, 3.05) is 0 Å². The van der Waals surface area contributed by atoms with Crippen molar-refractivity contribution in [3.8, 4) is 11.5 Å². The van der Waals surface area contributed by atoms with Crippen molar-refractivity contribution in [2.45, 2.75) is 76.4 Å². The van der Waals surface area contributed by atoms with Gasteiger partial charge in [0.2, 0.25) is 0 Å². The molecule has 6 heteroatoms. The molecule has 1 aromatic rings. The minimum atomic E-state index is -0.683. The van der Waals surface area contributed by atoms with Gasteiger partial charge in [-0.25, -0.2) is 9.59 Å². The third kappa shape index (κ3) is 4.48. The molecule has 0 amide bonds. The second kappa shape index (κ2) is 8.43. The molecule has 0 bridgehead atoms. The van der Waals surface area contributed by atoms with Gasteiger partial charge in [0.05, 0.1) is 0 Å². The lowest BCUT2D eigenvalue weighted by Crippen LogP contribution is -2.22. The van der Waals surface area contributed by atoms with E-state index < -0.39 is 11.9 Å². The topological polar surface area (TPSA) is 93.1 Å². The fraction of sp³-hybridized carbons (Fsp3) is 0.600. The van der Waals surface area contributed by atoms with E-state index in [1.165, 1.54) is 0 Å². The van der Waals surface area contributed by atoms with Crippen LogP contribution < -0.4 is 0 Å². The third-order valence-corrected chi connectivity index (χ3v) is 5.21. The summed E-state index contributed by atoms with van der Waals surface area (Å²) in [6, 6.07) is 2.16. The first-order chi connectivity index (χ1) is 12.5. The molecule has 0 saturated heterocycles. The Kier molecular flexibility index (Phi) is 6.01. The Morgan fingerprint density at radius 2 is 1.04 bits per heavy atom. The zero-order valence-corrected chi connectivity index (χ0v) is 14.9. The minimum absolute atomic E-state index is 0.137. The average molecular weight is 362 g/mol. The van der Waals surface area contributed by atoms with Crippen LogP contribution in [0, 0.1) is 0 Å². The van der Waals surface area contributed by atoms with Crippen molar-refractivity contribution < 1.29 is 29.3 Å². The standard InChI is InChI=1S/C20H26O6/c21-17-12-16(20(24)26-14-9-5-2-6-10-14)18(22)11-15(17)19(23)25-13-7-3-1-4-8-13/h11-14,21-22H,1-10H2. The summed E-state index contributed by atoms with van der Waals surface area (Å²) < 4.78 is 10.8. The molecule has 0 unspecified atom stereocenters. The van der Waals surface area contributed by atoms with Gasteiger partial charge in [0.15, 0.2) is 0 Å². The largest absolute Gasteiger partial charge is 0.507 e. The number of rotatable bonds is 4. The Morgan fingerprint density at radius 1 is 0.692 bits per heavy atom. The first-order valence-corrected chi connectivity index (χ1v) is 9.52. The van der Waals surface area contributed by atoms with Gasteiger partial charge in [-0.15, -0.1) is 0 Å². The van der Waals surface area contributed by atoms with Crippen molar-refractivity contribution >= 4 is 11.9 Å². The summed E-state index contributed by atoms with van der Waals surface area (Å²) in [7, 11) is 0. The Balaban J connectivity index is 1.68. The maximum atomic E-state index is 12.3. The fourth-order valence-electron chi connectivity index (χ4n) is 3.70. The number of hydrogen-bond acceptors (Lipinski definition) is 6. The van der Waals surface area contributed by atoms with E-state index in [4.69, 9.17) is 9.47 Å². The Morgan fingerprint density at radius 3 is 1.38 bits per heavy atom. The second-order valence-corrected chi connectivity index (χ2v) is 7.22. The van der Waals surface area contributed by atoms with Gasteiger partial charge in [-0.1, -0.05) is 12.8 Å². The van der Waals surface area contributed by atoms with Crippen LogP contribution in [0.5, 0.6) is 11.5 Å². The molecule has 0 spiro atoms. The lowest BCUT2D eigenvalue weighted by atomic mass is 9.97. The van der Waals surface area contributed by atoms with Gasteiger partial charge in [0.1, 0.15) is 34.8 Å². The van der Waals surface area contributed by atoms with Crippen molar-refractivity contribution in [3.05, 3.63) is 23.3 Å². The van der Waals surface area contributed by atoms with Gasteiger partial charge in [-0.05, 0) is 63.5 Å². The summed E-state index contributed by atoms with van der Waals surface area (Å²) in [4.78, 5) is 24.5. The van der Waals surface area contributed by atoms with E-state index in [9.17, 15) is 19.8 Å². The molecule has 0 radical (unpaired) electrons. The van der Waals surface area contributed by atoms with Gasteiger partial charge >= 0.3 is 11.9 Å². The zero-order chi connectivity index (χ0) is 18.5. The van der Waals surface area contributed by atoms with E-state index in [0.717, 1.165) is 76.3 Å². The molecule has 6 nitrogen and oxygen atoms in total. The van der Waals surface area contributed by atoms with Crippen LogP contribution >= 0.6 is 0 Å². The number of carbonyl (C=O) groups is 2. The molecular weight excluding hydrogens is 336 g/mol. The van der Waals surface area contributed by atoms with E-state index >= 15 is 0 Å².